The van der Waals surface area contributed by atoms with Crippen LogP contribution in [0.2, 0.25) is 0 Å². The molecule has 112 valence electrons. The molecule has 3 heteroatoms. The van der Waals surface area contributed by atoms with Crippen molar-refractivity contribution in [3.05, 3.63) is 24.0 Å². The number of anilines is 1. The molecule has 2 rings (SSSR count). The van der Waals surface area contributed by atoms with E-state index in [1.165, 1.54) is 43.6 Å². The Labute approximate surface area is 123 Å². The molecule has 0 aliphatic carbocycles. The molecule has 0 aromatic carbocycles. The minimum atomic E-state index is 0.694. The van der Waals surface area contributed by atoms with Gasteiger partial charge < -0.3 is 10.2 Å². The molecule has 1 N–H and O–H groups in total. The third-order valence-corrected chi connectivity index (χ3v) is 4.11. The van der Waals surface area contributed by atoms with Crippen molar-refractivity contribution in [2.75, 3.05) is 24.5 Å². The lowest BCUT2D eigenvalue weighted by atomic mass is 10.0. The summed E-state index contributed by atoms with van der Waals surface area (Å²) in [5.74, 6) is 1.55. The number of aromatic nitrogens is 1. The van der Waals surface area contributed by atoms with E-state index in [4.69, 9.17) is 0 Å². The highest BCUT2D eigenvalue weighted by molar-refractivity contribution is 5.51. The highest BCUT2D eigenvalue weighted by Crippen LogP contribution is 2.24. The summed E-state index contributed by atoms with van der Waals surface area (Å²) in [5, 5.41) is 3.55. The summed E-state index contributed by atoms with van der Waals surface area (Å²) in [6.45, 7) is 11.2. The van der Waals surface area contributed by atoms with Crippen molar-refractivity contribution in [1.29, 1.82) is 0 Å². The van der Waals surface area contributed by atoms with Gasteiger partial charge in [0.05, 0.1) is 11.9 Å². The first-order valence-corrected chi connectivity index (χ1v) is 8.05. The van der Waals surface area contributed by atoms with Crippen molar-refractivity contribution in [2.45, 2.75) is 46.6 Å². The molecule has 1 unspecified atom stereocenters. The second kappa shape index (κ2) is 7.63. The zero-order valence-electron chi connectivity index (χ0n) is 13.2. The molecule has 0 radical (unpaired) electrons. The Kier molecular flexibility index (Phi) is 5.84. The molecule has 0 amide bonds. The Morgan fingerprint density at radius 2 is 2.20 bits per heavy atom. The van der Waals surface area contributed by atoms with Crippen molar-refractivity contribution in [3.63, 3.8) is 0 Å². The minimum Gasteiger partial charge on any atom is -0.370 e. The van der Waals surface area contributed by atoms with Crippen LogP contribution in [0.15, 0.2) is 18.5 Å². The fourth-order valence-electron chi connectivity index (χ4n) is 2.85. The van der Waals surface area contributed by atoms with Gasteiger partial charge in [0.2, 0.25) is 0 Å². The monoisotopic (exact) mass is 275 g/mol. The Morgan fingerprint density at radius 3 is 3.00 bits per heavy atom. The van der Waals surface area contributed by atoms with Gasteiger partial charge in [0, 0.05) is 25.8 Å². The van der Waals surface area contributed by atoms with E-state index >= 15 is 0 Å². The Balaban J connectivity index is 2.02. The second-order valence-corrected chi connectivity index (χ2v) is 6.55. The Bertz CT molecular complexity index is 403. The average Bonchev–Trinajstić information content (AvgIpc) is 2.64. The molecular formula is C17H29N3. The van der Waals surface area contributed by atoms with Gasteiger partial charge in [-0.1, -0.05) is 20.8 Å². The number of hydrogen-bond donors (Lipinski definition) is 1. The second-order valence-electron chi connectivity index (χ2n) is 6.55. The maximum Gasteiger partial charge on any atom is 0.0598 e. The first-order valence-electron chi connectivity index (χ1n) is 8.05. The van der Waals surface area contributed by atoms with E-state index in [9.17, 15) is 0 Å². The Morgan fingerprint density at radius 1 is 1.35 bits per heavy atom. The summed E-state index contributed by atoms with van der Waals surface area (Å²) in [4.78, 5) is 6.87. The third kappa shape index (κ3) is 4.48. The summed E-state index contributed by atoms with van der Waals surface area (Å²) in [5.41, 5.74) is 2.72. The molecule has 0 saturated carbocycles. The molecule has 1 fully saturated rings. The lowest BCUT2D eigenvalue weighted by molar-refractivity contribution is 0.521. The van der Waals surface area contributed by atoms with Crippen LogP contribution >= 0.6 is 0 Å². The van der Waals surface area contributed by atoms with Crippen LogP contribution < -0.4 is 10.2 Å². The van der Waals surface area contributed by atoms with E-state index in [1.54, 1.807) is 0 Å². The molecule has 20 heavy (non-hydrogen) atoms. The van der Waals surface area contributed by atoms with Crippen molar-refractivity contribution in [1.82, 2.24) is 10.3 Å². The molecule has 1 aliphatic heterocycles. The molecule has 1 atom stereocenters. The average molecular weight is 275 g/mol. The molecule has 0 spiro atoms. The normalized spacial score (nSPS) is 20.2. The zero-order chi connectivity index (χ0) is 14.4. The summed E-state index contributed by atoms with van der Waals surface area (Å²) in [6, 6.07) is 2.16. The first kappa shape index (κ1) is 15.3. The van der Waals surface area contributed by atoms with E-state index in [0.29, 0.717) is 5.92 Å². The van der Waals surface area contributed by atoms with Crippen molar-refractivity contribution in [3.8, 4) is 0 Å². The predicted octanol–water partition coefficient (Wildman–Crippen LogP) is 3.45. The minimum absolute atomic E-state index is 0.694. The van der Waals surface area contributed by atoms with E-state index in [0.717, 1.165) is 19.0 Å². The third-order valence-electron chi connectivity index (χ3n) is 4.11. The van der Waals surface area contributed by atoms with E-state index in [-0.39, 0.29) is 0 Å². The molecule has 1 saturated heterocycles. The van der Waals surface area contributed by atoms with Gasteiger partial charge in [-0.05, 0) is 49.3 Å². The zero-order valence-corrected chi connectivity index (χ0v) is 13.2. The highest BCUT2D eigenvalue weighted by Gasteiger charge is 2.16. The van der Waals surface area contributed by atoms with Crippen LogP contribution in [0.3, 0.4) is 0 Å². The molecule has 2 heterocycles. The van der Waals surface area contributed by atoms with Crippen LogP contribution in [0.5, 0.6) is 0 Å². The highest BCUT2D eigenvalue weighted by atomic mass is 15.1. The van der Waals surface area contributed by atoms with Gasteiger partial charge in [-0.25, -0.2) is 0 Å². The molecule has 3 nitrogen and oxygen atoms in total. The molecule has 1 aromatic rings. The predicted molar refractivity (Wildman–Crippen MR) is 86.0 cm³/mol. The lowest BCUT2D eigenvalue weighted by Gasteiger charge is -2.25. The summed E-state index contributed by atoms with van der Waals surface area (Å²) >= 11 is 0. The number of hydrogen-bond acceptors (Lipinski definition) is 3. The number of pyridine rings is 1. The smallest absolute Gasteiger partial charge is 0.0598 e. The quantitative estimate of drug-likeness (QED) is 0.892. The Hall–Kier alpha value is -1.09. The van der Waals surface area contributed by atoms with Crippen LogP contribution in [0.4, 0.5) is 5.69 Å². The van der Waals surface area contributed by atoms with Crippen molar-refractivity contribution >= 4 is 5.69 Å². The SMILES string of the molecule is CC(C)CNCc1ccncc1N1CCCC(C)CC1. The van der Waals surface area contributed by atoms with Crippen LogP contribution in [0.1, 0.15) is 45.6 Å². The molecular weight excluding hydrogens is 246 g/mol. The fraction of sp³-hybridized carbons (Fsp3) is 0.706. The fourth-order valence-corrected chi connectivity index (χ4v) is 2.85. The van der Waals surface area contributed by atoms with Gasteiger partial charge >= 0.3 is 0 Å². The van der Waals surface area contributed by atoms with Crippen molar-refractivity contribution in [2.24, 2.45) is 11.8 Å². The number of nitrogens with zero attached hydrogens (tertiary/aromatic N) is 2. The summed E-state index contributed by atoms with van der Waals surface area (Å²) < 4.78 is 0. The van der Waals surface area contributed by atoms with Gasteiger partial charge in [0.25, 0.3) is 0 Å². The standard InChI is InChI=1S/C17H29N3/c1-14(2)11-19-12-16-6-8-18-13-17(16)20-9-4-5-15(3)7-10-20/h6,8,13-15,19H,4-5,7,9-12H2,1-3H3. The number of nitrogens with one attached hydrogen (secondary N) is 1. The maximum absolute atomic E-state index is 4.34. The van der Waals surface area contributed by atoms with E-state index in [2.05, 4.69) is 42.0 Å². The van der Waals surface area contributed by atoms with E-state index < -0.39 is 0 Å². The van der Waals surface area contributed by atoms with Gasteiger partial charge in [-0.15, -0.1) is 0 Å². The van der Waals surface area contributed by atoms with Gasteiger partial charge in [0.15, 0.2) is 0 Å². The topological polar surface area (TPSA) is 28.2 Å². The number of rotatable bonds is 5. The summed E-state index contributed by atoms with van der Waals surface area (Å²) in [6.07, 6.45) is 7.92. The molecule has 0 bridgehead atoms. The van der Waals surface area contributed by atoms with Gasteiger partial charge in [0.1, 0.15) is 0 Å². The van der Waals surface area contributed by atoms with Crippen LogP contribution in [0.25, 0.3) is 0 Å². The largest absolute Gasteiger partial charge is 0.370 e. The summed E-state index contributed by atoms with van der Waals surface area (Å²) in [7, 11) is 0. The van der Waals surface area contributed by atoms with Gasteiger partial charge in [-0.3, -0.25) is 4.98 Å². The van der Waals surface area contributed by atoms with Crippen LogP contribution in [-0.2, 0) is 6.54 Å². The first-order chi connectivity index (χ1) is 9.66. The van der Waals surface area contributed by atoms with Crippen LogP contribution in [-0.4, -0.2) is 24.6 Å². The molecule has 1 aromatic heterocycles. The van der Waals surface area contributed by atoms with Gasteiger partial charge in [-0.2, -0.15) is 0 Å². The van der Waals surface area contributed by atoms with Crippen molar-refractivity contribution < 1.29 is 0 Å². The maximum atomic E-state index is 4.34. The lowest BCUT2D eigenvalue weighted by Crippen LogP contribution is -2.27. The van der Waals surface area contributed by atoms with Crippen LogP contribution in [0, 0.1) is 11.8 Å². The molecule has 1 aliphatic rings. The van der Waals surface area contributed by atoms with E-state index in [1.807, 2.05) is 12.4 Å².